The van der Waals surface area contributed by atoms with Crippen LogP contribution in [0.4, 0.5) is 17.1 Å². The number of hydrogen-bond acceptors (Lipinski definition) is 2. The number of rotatable bonds is 4. The zero-order chi connectivity index (χ0) is 26.7. The highest BCUT2D eigenvalue weighted by Gasteiger charge is 2.42. The number of fused-ring (bicyclic) bond motifs is 6. The van der Waals surface area contributed by atoms with Gasteiger partial charge in [0.05, 0.1) is 11.1 Å². The number of furan rings is 1. The second kappa shape index (κ2) is 8.72. The Kier molecular flexibility index (Phi) is 4.99. The molecule has 0 saturated carbocycles. The molecule has 0 N–H and O–H groups in total. The number of anilines is 3. The molecule has 0 fully saturated rings. The molecule has 0 bridgehead atoms. The van der Waals surface area contributed by atoms with Gasteiger partial charge < -0.3 is 9.32 Å². The van der Waals surface area contributed by atoms with E-state index < -0.39 is 0 Å². The van der Waals surface area contributed by atoms with Crippen molar-refractivity contribution in [3.63, 3.8) is 0 Å². The summed E-state index contributed by atoms with van der Waals surface area (Å²) < 4.78 is 6.83. The van der Waals surface area contributed by atoms with Crippen LogP contribution in [-0.2, 0) is 5.41 Å². The minimum atomic E-state index is -0.359. The van der Waals surface area contributed by atoms with E-state index in [0.29, 0.717) is 0 Å². The van der Waals surface area contributed by atoms with Crippen LogP contribution < -0.4 is 4.90 Å². The van der Waals surface area contributed by atoms with Gasteiger partial charge in [0.15, 0.2) is 0 Å². The van der Waals surface area contributed by atoms with Crippen LogP contribution in [0.2, 0.25) is 0 Å². The Labute approximate surface area is 233 Å². The molecule has 0 spiro atoms. The van der Waals surface area contributed by atoms with Crippen molar-refractivity contribution in [2.24, 2.45) is 0 Å². The molecule has 0 amide bonds. The van der Waals surface area contributed by atoms with E-state index >= 15 is 0 Å². The molecule has 1 aromatic heterocycles. The molecule has 2 heteroatoms. The number of nitrogens with zero attached hydrogens (tertiary/aromatic N) is 1. The van der Waals surface area contributed by atoms with Gasteiger partial charge in [-0.2, -0.15) is 0 Å². The van der Waals surface area contributed by atoms with Gasteiger partial charge in [0.2, 0.25) is 0 Å². The molecular weight excluding hydrogens is 486 g/mol. The topological polar surface area (TPSA) is 16.4 Å². The molecular formula is C38H27NO. The molecule has 0 atom stereocenters. The standard InChI is InChI=1S/C38H27NO/c1-38(31-21-11-8-18-28(31)29-19-9-12-22-32(29)38)33-24-25-34(36-30-20-10-13-23-35(30)40-37(33)36)39(26-14-4-2-5-15-26)27-16-6-3-7-17-27/h2-25H,1H3. The highest BCUT2D eigenvalue weighted by molar-refractivity contribution is 6.15. The van der Waals surface area contributed by atoms with E-state index in [4.69, 9.17) is 4.42 Å². The molecule has 2 nitrogen and oxygen atoms in total. The lowest BCUT2D eigenvalue weighted by molar-refractivity contribution is 0.638. The largest absolute Gasteiger partial charge is 0.456 e. The zero-order valence-electron chi connectivity index (χ0n) is 22.2. The molecule has 190 valence electrons. The maximum absolute atomic E-state index is 6.83. The molecule has 0 unspecified atom stereocenters. The lowest BCUT2D eigenvalue weighted by Crippen LogP contribution is -2.23. The summed E-state index contributed by atoms with van der Waals surface area (Å²) in [6.07, 6.45) is 0. The normalized spacial score (nSPS) is 13.3. The lowest BCUT2D eigenvalue weighted by Gasteiger charge is -2.30. The van der Waals surface area contributed by atoms with Gasteiger partial charge in [0, 0.05) is 27.7 Å². The van der Waals surface area contributed by atoms with Gasteiger partial charge in [-0.15, -0.1) is 0 Å². The highest BCUT2D eigenvalue weighted by atomic mass is 16.3. The minimum Gasteiger partial charge on any atom is -0.456 e. The van der Waals surface area contributed by atoms with Gasteiger partial charge in [-0.1, -0.05) is 109 Å². The smallest absolute Gasteiger partial charge is 0.141 e. The van der Waals surface area contributed by atoms with Gasteiger partial charge in [0.1, 0.15) is 11.2 Å². The molecule has 0 radical (unpaired) electrons. The summed E-state index contributed by atoms with van der Waals surface area (Å²) in [5.74, 6) is 0. The molecule has 7 aromatic rings. The SMILES string of the molecule is CC1(c2ccc(N(c3ccccc3)c3ccccc3)c3c2oc2ccccc23)c2ccccc2-c2ccccc21. The van der Waals surface area contributed by atoms with Crippen molar-refractivity contribution in [3.05, 3.63) is 162 Å². The fraction of sp³-hybridized carbons (Fsp3) is 0.0526. The molecule has 1 heterocycles. The van der Waals surface area contributed by atoms with Gasteiger partial charge in [-0.25, -0.2) is 0 Å². The monoisotopic (exact) mass is 513 g/mol. The average molecular weight is 514 g/mol. The van der Waals surface area contributed by atoms with Crippen molar-refractivity contribution in [3.8, 4) is 11.1 Å². The molecule has 6 aromatic carbocycles. The Morgan fingerprint density at radius 2 is 1.02 bits per heavy atom. The van der Waals surface area contributed by atoms with Crippen LogP contribution in [0, 0.1) is 0 Å². The minimum absolute atomic E-state index is 0.359. The third-order valence-corrected chi connectivity index (χ3v) is 8.53. The Bertz CT molecular complexity index is 1940. The van der Waals surface area contributed by atoms with Crippen LogP contribution in [-0.4, -0.2) is 0 Å². The van der Waals surface area contributed by atoms with E-state index in [0.717, 1.165) is 39.0 Å². The van der Waals surface area contributed by atoms with E-state index in [2.05, 4.69) is 157 Å². The van der Waals surface area contributed by atoms with Crippen molar-refractivity contribution >= 4 is 39.0 Å². The maximum atomic E-state index is 6.83. The van der Waals surface area contributed by atoms with Crippen LogP contribution in [0.3, 0.4) is 0 Å². The molecule has 1 aliphatic rings. The number of para-hydroxylation sites is 3. The van der Waals surface area contributed by atoms with Gasteiger partial charge >= 0.3 is 0 Å². The summed E-state index contributed by atoms with van der Waals surface area (Å²) in [6.45, 7) is 2.35. The van der Waals surface area contributed by atoms with E-state index in [-0.39, 0.29) is 5.41 Å². The van der Waals surface area contributed by atoms with Crippen molar-refractivity contribution < 1.29 is 4.42 Å². The Balaban J connectivity index is 1.48. The third-order valence-electron chi connectivity index (χ3n) is 8.53. The quantitative estimate of drug-likeness (QED) is 0.233. The van der Waals surface area contributed by atoms with E-state index in [1.54, 1.807) is 0 Å². The van der Waals surface area contributed by atoms with Crippen molar-refractivity contribution in [1.82, 2.24) is 0 Å². The van der Waals surface area contributed by atoms with Gasteiger partial charge in [-0.05, 0) is 65.6 Å². The number of benzene rings is 6. The fourth-order valence-corrected chi connectivity index (χ4v) is 6.72. The lowest BCUT2D eigenvalue weighted by atomic mass is 9.73. The van der Waals surface area contributed by atoms with Gasteiger partial charge in [0.25, 0.3) is 0 Å². The third kappa shape index (κ3) is 3.17. The van der Waals surface area contributed by atoms with Crippen molar-refractivity contribution in [1.29, 1.82) is 0 Å². The predicted octanol–water partition coefficient (Wildman–Crippen LogP) is 10.4. The maximum Gasteiger partial charge on any atom is 0.141 e. The van der Waals surface area contributed by atoms with Gasteiger partial charge in [-0.3, -0.25) is 0 Å². The summed E-state index contributed by atoms with van der Waals surface area (Å²) in [7, 11) is 0. The second-order valence-corrected chi connectivity index (χ2v) is 10.7. The van der Waals surface area contributed by atoms with Crippen LogP contribution in [0.1, 0.15) is 23.6 Å². The van der Waals surface area contributed by atoms with Crippen LogP contribution in [0.25, 0.3) is 33.1 Å². The van der Waals surface area contributed by atoms with Crippen LogP contribution in [0.15, 0.2) is 150 Å². The average Bonchev–Trinajstić information content (AvgIpc) is 3.53. The summed E-state index contributed by atoms with van der Waals surface area (Å²) in [6, 6.07) is 51.8. The Morgan fingerprint density at radius 1 is 0.500 bits per heavy atom. The summed E-state index contributed by atoms with van der Waals surface area (Å²) >= 11 is 0. The summed E-state index contributed by atoms with van der Waals surface area (Å²) in [5, 5.41) is 2.25. The summed E-state index contributed by atoms with van der Waals surface area (Å²) in [4.78, 5) is 2.34. The molecule has 0 saturated heterocycles. The second-order valence-electron chi connectivity index (χ2n) is 10.7. The van der Waals surface area contributed by atoms with E-state index in [9.17, 15) is 0 Å². The van der Waals surface area contributed by atoms with Crippen LogP contribution in [0.5, 0.6) is 0 Å². The van der Waals surface area contributed by atoms with Crippen LogP contribution >= 0.6 is 0 Å². The first kappa shape index (κ1) is 22.9. The molecule has 1 aliphatic carbocycles. The first-order chi connectivity index (χ1) is 19.7. The Hall–Kier alpha value is -5.08. The zero-order valence-corrected chi connectivity index (χ0v) is 22.2. The first-order valence-electron chi connectivity index (χ1n) is 13.8. The van der Waals surface area contributed by atoms with E-state index in [1.165, 1.54) is 27.8 Å². The summed E-state index contributed by atoms with van der Waals surface area (Å²) in [5.41, 5.74) is 11.2. The highest BCUT2D eigenvalue weighted by Crippen LogP contribution is 2.55. The molecule has 8 rings (SSSR count). The molecule has 0 aliphatic heterocycles. The van der Waals surface area contributed by atoms with Crippen molar-refractivity contribution in [2.75, 3.05) is 4.90 Å². The van der Waals surface area contributed by atoms with E-state index in [1.807, 2.05) is 0 Å². The predicted molar refractivity (Wildman–Crippen MR) is 166 cm³/mol. The number of hydrogen-bond donors (Lipinski definition) is 0. The molecule has 40 heavy (non-hydrogen) atoms. The fourth-order valence-electron chi connectivity index (χ4n) is 6.72. The van der Waals surface area contributed by atoms with Crippen molar-refractivity contribution in [2.45, 2.75) is 12.3 Å². The first-order valence-corrected chi connectivity index (χ1v) is 13.8. The Morgan fingerprint density at radius 3 is 1.65 bits per heavy atom.